The van der Waals surface area contributed by atoms with Crippen molar-refractivity contribution in [2.24, 2.45) is 0 Å². The number of carbonyl (C=O) groups is 2. The van der Waals surface area contributed by atoms with Gasteiger partial charge in [-0.3, -0.25) is 9.80 Å². The van der Waals surface area contributed by atoms with Crippen molar-refractivity contribution in [1.29, 1.82) is 0 Å². The van der Waals surface area contributed by atoms with Gasteiger partial charge in [0.25, 0.3) is 0 Å². The van der Waals surface area contributed by atoms with Crippen LogP contribution in [0.2, 0.25) is 0 Å². The van der Waals surface area contributed by atoms with Crippen molar-refractivity contribution in [3.8, 4) is 31.2 Å². The van der Waals surface area contributed by atoms with E-state index in [0.717, 1.165) is 68.2 Å². The Balaban J connectivity index is 1.40. The number of aromatic amines is 2. The summed E-state index contributed by atoms with van der Waals surface area (Å²) in [5, 5.41) is 20.8. The summed E-state index contributed by atoms with van der Waals surface area (Å²) in [6.07, 6.45) is 4.73. The largest absolute Gasteiger partial charge is 0.465 e. The molecular formula is C30H38N8O4S2. The lowest BCUT2D eigenvalue weighted by Gasteiger charge is -2.20. The van der Waals surface area contributed by atoms with Crippen molar-refractivity contribution in [1.82, 2.24) is 39.7 Å². The van der Waals surface area contributed by atoms with Gasteiger partial charge < -0.3 is 20.2 Å². The number of carboxylic acid groups (broad SMARTS) is 2. The van der Waals surface area contributed by atoms with Gasteiger partial charge in [-0.25, -0.2) is 29.5 Å². The molecule has 2 amide bonds. The second-order valence-corrected chi connectivity index (χ2v) is 15.5. The first-order chi connectivity index (χ1) is 20.7. The van der Waals surface area contributed by atoms with E-state index in [9.17, 15) is 19.8 Å². The maximum atomic E-state index is 11.7. The van der Waals surface area contributed by atoms with Crippen LogP contribution in [0.5, 0.6) is 0 Å². The van der Waals surface area contributed by atoms with Crippen LogP contribution in [0.15, 0.2) is 12.4 Å². The molecule has 2 atom stereocenters. The van der Waals surface area contributed by atoms with Crippen molar-refractivity contribution < 1.29 is 19.8 Å². The summed E-state index contributed by atoms with van der Waals surface area (Å²) in [5.41, 5.74) is 2.91. The molecule has 0 unspecified atom stereocenters. The minimum atomic E-state index is -0.931. The molecule has 2 aliphatic heterocycles. The smallest absolute Gasteiger partial charge is 0.407 e. The Hall–Kier alpha value is -3.78. The number of aromatic nitrogens is 6. The number of likely N-dealkylation sites (tertiary alicyclic amines) is 2. The maximum Gasteiger partial charge on any atom is 0.407 e. The minimum Gasteiger partial charge on any atom is -0.465 e. The van der Waals surface area contributed by atoms with Crippen LogP contribution in [0, 0.1) is 0 Å². The van der Waals surface area contributed by atoms with Crippen LogP contribution in [0.1, 0.15) is 102 Å². The van der Waals surface area contributed by atoms with E-state index in [-0.39, 0.29) is 22.9 Å². The summed E-state index contributed by atoms with van der Waals surface area (Å²) in [6.45, 7) is 13.9. The first-order valence-electron chi connectivity index (χ1n) is 14.8. The molecule has 0 radical (unpaired) electrons. The highest BCUT2D eigenvalue weighted by molar-refractivity contribution is 7.25. The predicted octanol–water partition coefficient (Wildman–Crippen LogP) is 7.27. The van der Waals surface area contributed by atoms with Crippen LogP contribution in [-0.4, -0.2) is 75.2 Å². The molecule has 2 saturated heterocycles. The fraction of sp³-hybridized carbons (Fsp3) is 0.533. The van der Waals surface area contributed by atoms with Crippen molar-refractivity contribution in [3.63, 3.8) is 0 Å². The number of thiazole rings is 2. The number of imidazole rings is 2. The number of H-pyrrole nitrogens is 2. The number of hydrogen-bond acceptors (Lipinski definition) is 8. The SMILES string of the molecule is CC(C)(C)c1nc(-c2cnc([C@@H]3CCCN3C(=O)O)[nH]2)sc1-c1sc(-c2cnc([C@@H]3CCCN3C(=O)O)[nH]2)nc1C(C)(C)C. The minimum absolute atomic E-state index is 0.262. The van der Waals surface area contributed by atoms with Gasteiger partial charge in [0.15, 0.2) is 0 Å². The van der Waals surface area contributed by atoms with E-state index in [2.05, 4.69) is 61.5 Å². The Morgan fingerprint density at radius 2 is 1.14 bits per heavy atom. The molecule has 234 valence electrons. The lowest BCUT2D eigenvalue weighted by atomic mass is 9.87. The number of hydrogen-bond donors (Lipinski definition) is 4. The molecule has 0 spiro atoms. The zero-order chi connectivity index (χ0) is 31.6. The zero-order valence-corrected chi connectivity index (χ0v) is 27.4. The molecule has 2 fully saturated rings. The molecule has 4 aromatic heterocycles. The third kappa shape index (κ3) is 5.49. The topological polar surface area (TPSA) is 164 Å². The molecule has 6 heterocycles. The first-order valence-corrected chi connectivity index (χ1v) is 16.5. The quantitative estimate of drug-likeness (QED) is 0.177. The van der Waals surface area contributed by atoms with Crippen molar-refractivity contribution in [2.45, 2.75) is 90.1 Å². The lowest BCUT2D eigenvalue weighted by molar-refractivity contribution is 0.138. The number of nitrogens with one attached hydrogen (secondary N) is 2. The van der Waals surface area contributed by atoms with Gasteiger partial charge in [0, 0.05) is 23.9 Å². The van der Waals surface area contributed by atoms with Crippen molar-refractivity contribution >= 4 is 34.9 Å². The van der Waals surface area contributed by atoms with Crippen molar-refractivity contribution in [2.75, 3.05) is 13.1 Å². The van der Waals surface area contributed by atoms with E-state index in [0.29, 0.717) is 24.7 Å². The Kier molecular flexibility index (Phi) is 7.55. The average molecular weight is 639 g/mol. The second-order valence-electron chi connectivity index (χ2n) is 13.5. The molecule has 0 bridgehead atoms. The average Bonchev–Trinajstić information content (AvgIpc) is 3.77. The summed E-state index contributed by atoms with van der Waals surface area (Å²) in [6, 6.07) is -0.573. The fourth-order valence-electron chi connectivity index (χ4n) is 5.98. The molecule has 12 nitrogen and oxygen atoms in total. The van der Waals surface area contributed by atoms with Crippen LogP contribution in [0.25, 0.3) is 31.2 Å². The summed E-state index contributed by atoms with van der Waals surface area (Å²) in [7, 11) is 0. The van der Waals surface area contributed by atoms with Crippen LogP contribution in [0.3, 0.4) is 0 Å². The van der Waals surface area contributed by atoms with Crippen LogP contribution < -0.4 is 0 Å². The summed E-state index contributed by atoms with van der Waals surface area (Å²) in [5.74, 6) is 1.28. The zero-order valence-electron chi connectivity index (χ0n) is 25.8. The highest BCUT2D eigenvalue weighted by atomic mass is 32.1. The highest BCUT2D eigenvalue weighted by Gasteiger charge is 2.35. The van der Waals surface area contributed by atoms with Gasteiger partial charge in [-0.15, -0.1) is 22.7 Å². The van der Waals surface area contributed by atoms with Gasteiger partial charge in [0.1, 0.15) is 21.7 Å². The number of amides is 2. The van der Waals surface area contributed by atoms with E-state index in [4.69, 9.17) is 9.97 Å². The van der Waals surface area contributed by atoms with Gasteiger partial charge in [-0.1, -0.05) is 41.5 Å². The molecule has 14 heteroatoms. The number of rotatable bonds is 5. The summed E-state index contributed by atoms with van der Waals surface area (Å²) >= 11 is 3.17. The van der Waals surface area contributed by atoms with E-state index in [1.807, 2.05) is 0 Å². The molecule has 0 aromatic carbocycles. The fourth-order valence-corrected chi connectivity index (χ4v) is 8.60. The molecular weight excluding hydrogens is 601 g/mol. The van der Waals surface area contributed by atoms with Crippen LogP contribution in [0.4, 0.5) is 9.59 Å². The van der Waals surface area contributed by atoms with Gasteiger partial charge in [-0.05, 0) is 25.7 Å². The molecule has 2 aliphatic rings. The monoisotopic (exact) mass is 638 g/mol. The normalized spacial score (nSPS) is 19.3. The first kappa shape index (κ1) is 30.3. The van der Waals surface area contributed by atoms with Crippen LogP contribution >= 0.6 is 22.7 Å². The Morgan fingerprint density at radius 1 is 0.750 bits per heavy atom. The highest BCUT2D eigenvalue weighted by Crippen LogP contribution is 2.48. The Labute approximate surface area is 263 Å². The van der Waals surface area contributed by atoms with Crippen molar-refractivity contribution in [3.05, 3.63) is 35.4 Å². The van der Waals surface area contributed by atoms with E-state index < -0.39 is 12.2 Å². The van der Waals surface area contributed by atoms with Crippen LogP contribution in [-0.2, 0) is 10.8 Å². The molecule has 6 rings (SSSR count). The molecule has 0 aliphatic carbocycles. The van der Waals surface area contributed by atoms with E-state index >= 15 is 0 Å². The predicted molar refractivity (Wildman–Crippen MR) is 169 cm³/mol. The lowest BCUT2D eigenvalue weighted by Crippen LogP contribution is -2.29. The number of nitrogens with zero attached hydrogens (tertiary/aromatic N) is 6. The van der Waals surface area contributed by atoms with Gasteiger partial charge in [-0.2, -0.15) is 0 Å². The molecule has 0 saturated carbocycles. The third-order valence-corrected chi connectivity index (χ3v) is 10.5. The van der Waals surface area contributed by atoms with E-state index in [1.165, 1.54) is 9.80 Å². The summed E-state index contributed by atoms with van der Waals surface area (Å²) < 4.78 is 0. The Morgan fingerprint density at radius 3 is 1.48 bits per heavy atom. The molecule has 4 aromatic rings. The molecule has 4 N–H and O–H groups in total. The van der Waals surface area contributed by atoms with Gasteiger partial charge in [0.05, 0.1) is 57.0 Å². The Bertz CT molecular complexity index is 1580. The standard InChI is InChI=1S/C30H38N8O4S2/c1-29(2,3)21-19(43-25(35-21)15-13-31-23(33-15)17-9-7-11-37(17)27(39)40)20-22(30(4,5)6)36-26(44-20)16-14-32-24(34-16)18-10-8-12-38(18)28(41)42/h13-14,17-18H,7-12H2,1-6H3,(H,31,33)(H,32,34)(H,39,40)(H,41,42)/t17-,18-/m0/s1. The van der Waals surface area contributed by atoms with Gasteiger partial charge >= 0.3 is 12.2 Å². The summed E-state index contributed by atoms with van der Waals surface area (Å²) in [4.78, 5) is 54.6. The third-order valence-electron chi connectivity index (χ3n) is 8.16. The maximum absolute atomic E-state index is 11.7. The second kappa shape index (κ2) is 11.0. The van der Waals surface area contributed by atoms with E-state index in [1.54, 1.807) is 35.1 Å². The molecule has 44 heavy (non-hydrogen) atoms. The van der Waals surface area contributed by atoms with Gasteiger partial charge in [0.2, 0.25) is 0 Å².